The summed E-state index contributed by atoms with van der Waals surface area (Å²) in [6.45, 7) is 1.56. The van der Waals surface area contributed by atoms with E-state index in [0.717, 1.165) is 11.1 Å². The van der Waals surface area contributed by atoms with Crippen LogP contribution in [-0.2, 0) is 11.4 Å². The van der Waals surface area contributed by atoms with Gasteiger partial charge in [-0.25, -0.2) is 0 Å². The molecule has 0 amide bonds. The van der Waals surface area contributed by atoms with Crippen molar-refractivity contribution < 1.29 is 9.90 Å². The number of allylic oxidation sites excluding steroid dienone is 1. The third-order valence-electron chi connectivity index (χ3n) is 1.67. The summed E-state index contributed by atoms with van der Waals surface area (Å²) >= 11 is 0. The highest BCUT2D eigenvalue weighted by atomic mass is 16.3. The molecule has 0 saturated carbocycles. The van der Waals surface area contributed by atoms with Gasteiger partial charge in [0.05, 0.1) is 6.61 Å². The molecule has 0 fully saturated rings. The highest BCUT2D eigenvalue weighted by molar-refractivity contribution is 5.91. The molecule has 1 aromatic carbocycles. The smallest absolute Gasteiger partial charge is 0.152 e. The number of hydrogen-bond donors (Lipinski definition) is 1. The maximum Gasteiger partial charge on any atom is 0.152 e. The maximum atomic E-state index is 10.6. The van der Waals surface area contributed by atoms with Gasteiger partial charge in [-0.2, -0.15) is 0 Å². The van der Waals surface area contributed by atoms with E-state index in [9.17, 15) is 4.79 Å². The van der Waals surface area contributed by atoms with Crippen LogP contribution in [-0.4, -0.2) is 10.9 Å². The fraction of sp³-hybridized carbons (Fsp3) is 0.182. The average Bonchev–Trinajstić information content (AvgIpc) is 2.15. The maximum absolute atomic E-state index is 10.6. The fourth-order valence-corrected chi connectivity index (χ4v) is 0.948. The van der Waals surface area contributed by atoms with Gasteiger partial charge < -0.3 is 5.11 Å². The zero-order chi connectivity index (χ0) is 9.68. The number of benzene rings is 1. The first kappa shape index (κ1) is 9.68. The minimum atomic E-state index is 0.0336. The first-order chi connectivity index (χ1) is 6.22. The minimum absolute atomic E-state index is 0.0336. The van der Waals surface area contributed by atoms with Crippen LogP contribution in [0.5, 0.6) is 0 Å². The van der Waals surface area contributed by atoms with Crippen LogP contribution in [0, 0.1) is 0 Å². The Morgan fingerprint density at radius 1 is 1.38 bits per heavy atom. The molecule has 0 radical (unpaired) electrons. The van der Waals surface area contributed by atoms with Gasteiger partial charge in [0.15, 0.2) is 5.78 Å². The largest absolute Gasteiger partial charge is 0.392 e. The molecule has 0 atom stereocenters. The van der Waals surface area contributed by atoms with Gasteiger partial charge in [0.2, 0.25) is 0 Å². The molecule has 0 bridgehead atoms. The van der Waals surface area contributed by atoms with Gasteiger partial charge in [0, 0.05) is 0 Å². The van der Waals surface area contributed by atoms with Gasteiger partial charge >= 0.3 is 0 Å². The highest BCUT2D eigenvalue weighted by Crippen LogP contribution is 2.05. The van der Waals surface area contributed by atoms with Crippen molar-refractivity contribution in [3.8, 4) is 0 Å². The van der Waals surface area contributed by atoms with E-state index < -0.39 is 0 Å². The van der Waals surface area contributed by atoms with Crippen LogP contribution in [0.2, 0.25) is 0 Å². The van der Waals surface area contributed by atoms with E-state index in [1.165, 1.54) is 13.0 Å². The van der Waals surface area contributed by atoms with E-state index in [2.05, 4.69) is 0 Å². The molecular formula is C11H12O2. The van der Waals surface area contributed by atoms with Gasteiger partial charge in [0.1, 0.15) is 0 Å². The molecule has 0 saturated heterocycles. The number of carbonyl (C=O) groups excluding carboxylic acids is 1. The predicted octanol–water partition coefficient (Wildman–Crippen LogP) is 1.78. The molecule has 0 aliphatic heterocycles. The van der Waals surface area contributed by atoms with Crippen LogP contribution < -0.4 is 0 Å². The molecule has 2 nitrogen and oxygen atoms in total. The van der Waals surface area contributed by atoms with E-state index >= 15 is 0 Å². The van der Waals surface area contributed by atoms with Gasteiger partial charge in [-0.05, 0) is 24.1 Å². The van der Waals surface area contributed by atoms with Crippen LogP contribution in [0.1, 0.15) is 18.1 Å². The summed E-state index contributed by atoms with van der Waals surface area (Å²) in [5.74, 6) is 0.0336. The predicted molar refractivity (Wildman–Crippen MR) is 52.1 cm³/mol. The number of carbonyl (C=O) groups is 1. The summed E-state index contributed by atoms with van der Waals surface area (Å²) in [5, 5.41) is 8.77. The van der Waals surface area contributed by atoms with Crippen LogP contribution in [0.4, 0.5) is 0 Å². The Hall–Kier alpha value is -1.41. The van der Waals surface area contributed by atoms with E-state index in [-0.39, 0.29) is 12.4 Å². The van der Waals surface area contributed by atoms with Crippen molar-refractivity contribution in [2.75, 3.05) is 0 Å². The summed E-state index contributed by atoms with van der Waals surface area (Å²) < 4.78 is 0. The number of hydrogen-bond acceptors (Lipinski definition) is 2. The zero-order valence-electron chi connectivity index (χ0n) is 7.53. The van der Waals surface area contributed by atoms with Crippen LogP contribution in [0.15, 0.2) is 30.3 Å². The molecule has 0 aromatic heterocycles. The lowest BCUT2D eigenvalue weighted by Crippen LogP contribution is -1.83. The molecule has 1 aromatic rings. The highest BCUT2D eigenvalue weighted by Gasteiger charge is 1.90. The number of aliphatic hydroxyl groups excluding tert-OH is 1. The standard InChI is InChI=1S/C11H12O2/c1-9(13)2-3-10-4-6-11(8-12)7-5-10/h2-7,12H,8H2,1H3/b3-2+. The van der Waals surface area contributed by atoms with Crippen LogP contribution >= 0.6 is 0 Å². The van der Waals surface area contributed by atoms with Crippen molar-refractivity contribution in [3.63, 3.8) is 0 Å². The topological polar surface area (TPSA) is 37.3 Å². The Morgan fingerprint density at radius 3 is 2.46 bits per heavy atom. The lowest BCUT2D eigenvalue weighted by molar-refractivity contribution is -0.112. The van der Waals surface area contributed by atoms with Gasteiger partial charge in [-0.15, -0.1) is 0 Å². The molecule has 0 spiro atoms. The van der Waals surface area contributed by atoms with Crippen molar-refractivity contribution in [3.05, 3.63) is 41.5 Å². The Morgan fingerprint density at radius 2 is 2.00 bits per heavy atom. The normalized spacial score (nSPS) is 10.6. The number of aliphatic hydroxyl groups is 1. The molecular weight excluding hydrogens is 164 g/mol. The van der Waals surface area contributed by atoms with E-state index in [4.69, 9.17) is 5.11 Å². The van der Waals surface area contributed by atoms with Gasteiger partial charge in [0.25, 0.3) is 0 Å². The van der Waals surface area contributed by atoms with Gasteiger partial charge in [-0.1, -0.05) is 30.3 Å². The Bertz CT molecular complexity index is 309. The van der Waals surface area contributed by atoms with Crippen molar-refractivity contribution >= 4 is 11.9 Å². The fourth-order valence-electron chi connectivity index (χ4n) is 0.948. The summed E-state index contributed by atoms with van der Waals surface area (Å²) in [6.07, 6.45) is 3.28. The summed E-state index contributed by atoms with van der Waals surface area (Å²) in [7, 11) is 0. The zero-order valence-corrected chi connectivity index (χ0v) is 7.53. The van der Waals surface area contributed by atoms with Gasteiger partial charge in [-0.3, -0.25) is 4.79 Å². The SMILES string of the molecule is CC(=O)/C=C/c1ccc(CO)cc1. The summed E-state index contributed by atoms with van der Waals surface area (Å²) in [6, 6.07) is 7.40. The van der Waals surface area contributed by atoms with Crippen LogP contribution in [0.25, 0.3) is 6.08 Å². The summed E-state index contributed by atoms with van der Waals surface area (Å²) in [5.41, 5.74) is 1.84. The van der Waals surface area contributed by atoms with Crippen molar-refractivity contribution in [2.24, 2.45) is 0 Å². The molecule has 68 valence electrons. The van der Waals surface area contributed by atoms with Crippen molar-refractivity contribution in [1.82, 2.24) is 0 Å². The molecule has 0 unspecified atom stereocenters. The molecule has 2 heteroatoms. The second-order valence-corrected chi connectivity index (χ2v) is 2.84. The first-order valence-electron chi connectivity index (χ1n) is 4.11. The first-order valence-corrected chi connectivity index (χ1v) is 4.11. The van der Waals surface area contributed by atoms with Crippen molar-refractivity contribution in [2.45, 2.75) is 13.5 Å². The Labute approximate surface area is 77.5 Å². The summed E-state index contributed by atoms with van der Waals surface area (Å²) in [4.78, 5) is 10.6. The third kappa shape index (κ3) is 3.22. The quantitative estimate of drug-likeness (QED) is 0.713. The minimum Gasteiger partial charge on any atom is -0.392 e. The van der Waals surface area contributed by atoms with E-state index in [0.29, 0.717) is 0 Å². The monoisotopic (exact) mass is 176 g/mol. The van der Waals surface area contributed by atoms with Crippen molar-refractivity contribution in [1.29, 1.82) is 0 Å². The number of rotatable bonds is 3. The molecule has 0 aliphatic carbocycles. The number of ketones is 1. The van der Waals surface area contributed by atoms with E-state index in [1.807, 2.05) is 24.3 Å². The Kier molecular flexibility index (Phi) is 3.41. The lowest BCUT2D eigenvalue weighted by atomic mass is 10.1. The second kappa shape index (κ2) is 4.58. The molecule has 1 N–H and O–H groups in total. The molecule has 1 rings (SSSR count). The lowest BCUT2D eigenvalue weighted by Gasteiger charge is -1.95. The second-order valence-electron chi connectivity index (χ2n) is 2.84. The molecule has 0 aliphatic rings. The Balaban J connectivity index is 2.75. The van der Waals surface area contributed by atoms with E-state index in [1.54, 1.807) is 6.08 Å². The molecule has 13 heavy (non-hydrogen) atoms. The van der Waals surface area contributed by atoms with Crippen LogP contribution in [0.3, 0.4) is 0 Å². The third-order valence-corrected chi connectivity index (χ3v) is 1.67. The average molecular weight is 176 g/mol. The molecule has 0 heterocycles.